The first kappa shape index (κ1) is 25.9. The maximum absolute atomic E-state index is 12.7. The number of benzene rings is 2. The smallest absolute Gasteiger partial charge is 0.272 e. The van der Waals surface area contributed by atoms with Crippen LogP contribution in [0.2, 0.25) is 0 Å². The van der Waals surface area contributed by atoms with E-state index < -0.39 is 4.92 Å². The largest absolute Gasteiger partial charge is 0.345 e. The predicted molar refractivity (Wildman–Crippen MR) is 142 cm³/mol. The third-order valence-electron chi connectivity index (χ3n) is 5.56. The molecule has 2 aromatic carbocycles. The van der Waals surface area contributed by atoms with Crippen LogP contribution in [0.1, 0.15) is 27.3 Å². The van der Waals surface area contributed by atoms with Gasteiger partial charge < -0.3 is 15.2 Å². The van der Waals surface area contributed by atoms with Crippen LogP contribution >= 0.6 is 23.6 Å². The number of nitrogens with zero attached hydrogens (tertiary/aromatic N) is 5. The van der Waals surface area contributed by atoms with E-state index in [0.29, 0.717) is 38.1 Å². The Kier molecular flexibility index (Phi) is 7.55. The van der Waals surface area contributed by atoms with E-state index in [4.69, 9.17) is 12.2 Å². The topological polar surface area (TPSA) is 137 Å². The number of carbonyl (C=O) groups is 2. The van der Waals surface area contributed by atoms with Crippen molar-refractivity contribution < 1.29 is 14.5 Å². The van der Waals surface area contributed by atoms with Crippen molar-refractivity contribution in [1.29, 1.82) is 0 Å². The van der Waals surface area contributed by atoms with Gasteiger partial charge in [0.2, 0.25) is 5.91 Å². The van der Waals surface area contributed by atoms with Gasteiger partial charge in [-0.25, -0.2) is 9.67 Å². The molecule has 0 aliphatic heterocycles. The van der Waals surface area contributed by atoms with Crippen LogP contribution in [0.3, 0.4) is 0 Å². The minimum absolute atomic E-state index is 0.00601. The fourth-order valence-electron chi connectivity index (χ4n) is 3.56. The molecule has 0 aliphatic carbocycles. The van der Waals surface area contributed by atoms with Crippen molar-refractivity contribution in [1.82, 2.24) is 24.6 Å². The van der Waals surface area contributed by atoms with Crippen LogP contribution in [0.15, 0.2) is 47.8 Å². The Morgan fingerprint density at radius 3 is 2.70 bits per heavy atom. The van der Waals surface area contributed by atoms with Gasteiger partial charge in [0, 0.05) is 35.2 Å². The zero-order chi connectivity index (χ0) is 26.7. The lowest BCUT2D eigenvalue weighted by Gasteiger charge is -2.05. The van der Waals surface area contributed by atoms with Gasteiger partial charge >= 0.3 is 0 Å². The summed E-state index contributed by atoms with van der Waals surface area (Å²) in [6.45, 7) is 3.57. The number of aryl methyl sites for hydroxylation is 2. The zero-order valence-corrected chi connectivity index (χ0v) is 21.9. The molecule has 0 aliphatic rings. The van der Waals surface area contributed by atoms with Gasteiger partial charge in [-0.1, -0.05) is 29.8 Å². The summed E-state index contributed by atoms with van der Waals surface area (Å²) in [5.41, 5.74) is 3.19. The van der Waals surface area contributed by atoms with Gasteiger partial charge in [0.25, 0.3) is 11.6 Å². The standard InChI is InChI=1S/C24H23N7O4S2/c1-14-5-4-6-17(9-14)22(33)25-11-20-28-30(24(36)29(20)3)12-21(32)27-23-26-18(13-37-23)16-8-7-15(2)19(10-16)31(34)35/h4-10,13H,11-12H2,1-3H3,(H,25,33)(H,26,27,32). The molecule has 0 atom stereocenters. The number of nitrogens with one attached hydrogen (secondary N) is 2. The summed E-state index contributed by atoms with van der Waals surface area (Å²) in [4.78, 5) is 40.3. The number of hydrogen-bond donors (Lipinski definition) is 2. The lowest BCUT2D eigenvalue weighted by atomic mass is 10.1. The van der Waals surface area contributed by atoms with E-state index in [1.807, 2.05) is 19.1 Å². The van der Waals surface area contributed by atoms with E-state index in [0.717, 1.165) is 5.56 Å². The maximum atomic E-state index is 12.7. The van der Waals surface area contributed by atoms with Crippen LogP contribution in [0.5, 0.6) is 0 Å². The predicted octanol–water partition coefficient (Wildman–Crippen LogP) is 4.17. The molecule has 0 fully saturated rings. The Bertz CT molecular complexity index is 1570. The minimum atomic E-state index is -0.438. The van der Waals surface area contributed by atoms with Crippen molar-refractivity contribution in [2.24, 2.45) is 7.05 Å². The fraction of sp³-hybridized carbons (Fsp3) is 0.208. The van der Waals surface area contributed by atoms with Crippen molar-refractivity contribution in [3.63, 3.8) is 0 Å². The third-order valence-corrected chi connectivity index (χ3v) is 6.81. The number of rotatable bonds is 8. The van der Waals surface area contributed by atoms with Crippen molar-refractivity contribution in [2.75, 3.05) is 5.32 Å². The highest BCUT2D eigenvalue weighted by Gasteiger charge is 2.16. The molecule has 0 unspecified atom stereocenters. The summed E-state index contributed by atoms with van der Waals surface area (Å²) >= 11 is 6.61. The summed E-state index contributed by atoms with van der Waals surface area (Å²) in [6.07, 6.45) is 0. The molecule has 190 valence electrons. The molecule has 0 saturated carbocycles. The molecule has 0 saturated heterocycles. The Labute approximate surface area is 220 Å². The first-order valence-corrected chi connectivity index (χ1v) is 12.4. The van der Waals surface area contributed by atoms with Crippen LogP contribution < -0.4 is 10.6 Å². The number of nitro groups is 1. The molecule has 2 amide bonds. The molecule has 0 spiro atoms. The fourth-order valence-corrected chi connectivity index (χ4v) is 4.51. The molecular formula is C24H23N7O4S2. The maximum Gasteiger partial charge on any atom is 0.272 e. The van der Waals surface area contributed by atoms with Gasteiger partial charge in [-0.15, -0.1) is 11.3 Å². The molecule has 4 rings (SSSR count). The number of amides is 2. The van der Waals surface area contributed by atoms with Crippen LogP contribution in [-0.4, -0.2) is 36.1 Å². The van der Waals surface area contributed by atoms with Crippen LogP contribution in [0.4, 0.5) is 10.8 Å². The van der Waals surface area contributed by atoms with Crippen LogP contribution in [0.25, 0.3) is 11.3 Å². The second-order valence-electron chi connectivity index (χ2n) is 8.31. The van der Waals surface area contributed by atoms with E-state index in [9.17, 15) is 19.7 Å². The van der Waals surface area contributed by atoms with Crippen molar-refractivity contribution in [2.45, 2.75) is 26.9 Å². The van der Waals surface area contributed by atoms with Gasteiger partial charge in [0.15, 0.2) is 15.7 Å². The Morgan fingerprint density at radius 2 is 1.97 bits per heavy atom. The zero-order valence-electron chi connectivity index (χ0n) is 20.2. The normalized spacial score (nSPS) is 10.8. The first-order valence-electron chi connectivity index (χ1n) is 11.1. The summed E-state index contributed by atoms with van der Waals surface area (Å²) in [7, 11) is 1.71. The van der Waals surface area contributed by atoms with Crippen LogP contribution in [0, 0.1) is 28.7 Å². The number of anilines is 1. The molecule has 13 heteroatoms. The average Bonchev–Trinajstić information content (AvgIpc) is 3.42. The SMILES string of the molecule is Cc1cccc(C(=O)NCc2nn(CC(=O)Nc3nc(-c4ccc(C)c([N+](=O)[O-])c4)cs3)c(=S)n2C)c1. The van der Waals surface area contributed by atoms with E-state index in [1.54, 1.807) is 48.2 Å². The lowest BCUT2D eigenvalue weighted by Crippen LogP contribution is -2.24. The lowest BCUT2D eigenvalue weighted by molar-refractivity contribution is -0.385. The second kappa shape index (κ2) is 10.8. The first-order chi connectivity index (χ1) is 17.6. The Hall–Kier alpha value is -4.23. The number of carbonyl (C=O) groups excluding carboxylic acids is 2. The van der Waals surface area contributed by atoms with Gasteiger partial charge in [0.1, 0.15) is 6.54 Å². The highest BCUT2D eigenvalue weighted by molar-refractivity contribution is 7.71. The number of thiazole rings is 1. The third kappa shape index (κ3) is 5.95. The van der Waals surface area contributed by atoms with Gasteiger partial charge in [-0.05, 0) is 38.2 Å². The molecule has 2 heterocycles. The molecule has 0 radical (unpaired) electrons. The summed E-state index contributed by atoms with van der Waals surface area (Å²) in [5, 5.41) is 23.2. The molecule has 2 aromatic heterocycles. The van der Waals surface area contributed by atoms with E-state index in [2.05, 4.69) is 20.7 Å². The Balaban J connectivity index is 1.40. The summed E-state index contributed by atoms with van der Waals surface area (Å²) in [5.74, 6) is -0.128. The number of aromatic nitrogens is 4. The summed E-state index contributed by atoms with van der Waals surface area (Å²) in [6, 6.07) is 12.1. The molecular weight excluding hydrogens is 514 g/mol. The Morgan fingerprint density at radius 1 is 1.19 bits per heavy atom. The van der Waals surface area contributed by atoms with Gasteiger partial charge in [-0.2, -0.15) is 5.10 Å². The van der Waals surface area contributed by atoms with E-state index in [1.165, 1.54) is 22.1 Å². The summed E-state index contributed by atoms with van der Waals surface area (Å²) < 4.78 is 3.32. The minimum Gasteiger partial charge on any atom is -0.345 e. The molecule has 0 bridgehead atoms. The van der Waals surface area contributed by atoms with Crippen molar-refractivity contribution in [3.8, 4) is 11.3 Å². The van der Waals surface area contributed by atoms with E-state index >= 15 is 0 Å². The number of hydrogen-bond acceptors (Lipinski definition) is 8. The van der Waals surface area contributed by atoms with Crippen molar-refractivity contribution in [3.05, 3.63) is 85.2 Å². The number of nitro benzene ring substituents is 1. The quantitative estimate of drug-likeness (QED) is 0.195. The van der Waals surface area contributed by atoms with Crippen LogP contribution in [-0.2, 0) is 24.9 Å². The van der Waals surface area contributed by atoms with E-state index in [-0.39, 0.29) is 30.6 Å². The van der Waals surface area contributed by atoms with Gasteiger partial charge in [-0.3, -0.25) is 19.7 Å². The highest BCUT2D eigenvalue weighted by Crippen LogP contribution is 2.29. The monoisotopic (exact) mass is 537 g/mol. The van der Waals surface area contributed by atoms with Crippen molar-refractivity contribution >= 4 is 46.2 Å². The highest BCUT2D eigenvalue weighted by atomic mass is 32.1. The molecule has 2 N–H and O–H groups in total. The molecule has 11 nitrogen and oxygen atoms in total. The molecule has 37 heavy (non-hydrogen) atoms. The molecule has 4 aromatic rings. The van der Waals surface area contributed by atoms with Gasteiger partial charge in [0.05, 0.1) is 17.2 Å². The average molecular weight is 538 g/mol. The second-order valence-corrected chi connectivity index (χ2v) is 9.54.